The number of carbonyl (C=O) groups is 5. The molecule has 3 rings (SSSR count). The van der Waals surface area contributed by atoms with Gasteiger partial charge in [0.05, 0.1) is 17.7 Å². The number of aryl methyl sites for hydroxylation is 1. The van der Waals surface area contributed by atoms with Crippen LogP contribution in [0.5, 0.6) is 0 Å². The fraction of sp³-hybridized carbons (Fsp3) is 0.571. The van der Waals surface area contributed by atoms with Gasteiger partial charge in [-0.1, -0.05) is 38.4 Å². The average molecular weight is 558 g/mol. The molecule has 2 unspecified atom stereocenters. The second kappa shape index (κ2) is 13.1. The summed E-state index contributed by atoms with van der Waals surface area (Å²) in [5, 5.41) is 20.6. The van der Waals surface area contributed by atoms with Crippen molar-refractivity contribution < 1.29 is 24.0 Å². The van der Waals surface area contributed by atoms with E-state index in [1.807, 2.05) is 20.8 Å². The summed E-state index contributed by atoms with van der Waals surface area (Å²) < 4.78 is 0. The van der Waals surface area contributed by atoms with Crippen molar-refractivity contribution >= 4 is 41.0 Å². The molecule has 11 heteroatoms. The first kappa shape index (κ1) is 30.1. The summed E-state index contributed by atoms with van der Waals surface area (Å²) in [6.45, 7) is 6.22. The molecule has 210 valence electrons. The van der Waals surface area contributed by atoms with Gasteiger partial charge in [0.15, 0.2) is 0 Å². The minimum atomic E-state index is -1.20. The summed E-state index contributed by atoms with van der Waals surface area (Å²) in [4.78, 5) is 64.0. The Bertz CT molecular complexity index is 1170. The number of benzene rings is 1. The van der Waals surface area contributed by atoms with Crippen LogP contribution in [0.1, 0.15) is 70.4 Å². The van der Waals surface area contributed by atoms with Gasteiger partial charge in [0, 0.05) is 29.9 Å². The van der Waals surface area contributed by atoms with Gasteiger partial charge in [-0.15, -0.1) is 0 Å². The van der Waals surface area contributed by atoms with E-state index in [0.29, 0.717) is 29.1 Å². The highest BCUT2D eigenvalue weighted by Gasteiger charge is 2.37. The number of Topliss-reactive ketones (excluding diaryl/α,β-unsaturated/α-hetero) is 1. The Kier molecular flexibility index (Phi) is 10.1. The first-order valence-electron chi connectivity index (χ1n) is 13.3. The number of hydrogen-bond donors (Lipinski definition) is 4. The van der Waals surface area contributed by atoms with Gasteiger partial charge in [-0.05, 0) is 61.6 Å². The fourth-order valence-electron chi connectivity index (χ4n) is 4.51. The van der Waals surface area contributed by atoms with Crippen molar-refractivity contribution in [1.82, 2.24) is 21.3 Å². The van der Waals surface area contributed by atoms with E-state index in [4.69, 9.17) is 11.6 Å². The second-order valence-electron chi connectivity index (χ2n) is 11.5. The lowest BCUT2D eigenvalue weighted by Crippen LogP contribution is -2.55. The number of hydrogen-bond acceptors (Lipinski definition) is 6. The van der Waals surface area contributed by atoms with Gasteiger partial charge in [-0.2, -0.15) is 5.26 Å². The van der Waals surface area contributed by atoms with Crippen LogP contribution in [0.25, 0.3) is 0 Å². The maximum atomic E-state index is 13.4. The first-order chi connectivity index (χ1) is 18.4. The van der Waals surface area contributed by atoms with E-state index in [2.05, 4.69) is 27.3 Å². The van der Waals surface area contributed by atoms with E-state index in [0.717, 1.165) is 12.8 Å². The summed E-state index contributed by atoms with van der Waals surface area (Å²) in [5.74, 6) is -3.31. The minimum Gasteiger partial charge on any atom is -0.356 e. The Hall–Kier alpha value is -3.45. The van der Waals surface area contributed by atoms with Crippen molar-refractivity contribution in [1.29, 1.82) is 5.26 Å². The molecule has 0 bridgehead atoms. The topological polar surface area (TPSA) is 157 Å². The number of amides is 4. The SMILES string of the molecule is CC(C)(C)CC(NC(=O)CCc1ccc(Cl)cc1C#N)C(=O)NC(C[C@@H]1CCNC1=O)C(=O)C(=O)NC1CC1. The molecule has 1 saturated carbocycles. The number of nitriles is 1. The van der Waals surface area contributed by atoms with Crippen molar-refractivity contribution in [2.24, 2.45) is 11.3 Å². The largest absolute Gasteiger partial charge is 0.356 e. The van der Waals surface area contributed by atoms with Gasteiger partial charge in [0.1, 0.15) is 6.04 Å². The molecule has 0 spiro atoms. The molecular weight excluding hydrogens is 522 g/mol. The number of rotatable bonds is 12. The number of nitrogens with one attached hydrogen (secondary N) is 4. The molecule has 1 aromatic rings. The molecule has 3 atom stereocenters. The number of ketones is 1. The van der Waals surface area contributed by atoms with E-state index in [-0.39, 0.29) is 43.0 Å². The third-order valence-corrected chi connectivity index (χ3v) is 6.97. The van der Waals surface area contributed by atoms with E-state index in [9.17, 15) is 29.2 Å². The maximum absolute atomic E-state index is 13.4. The van der Waals surface area contributed by atoms with E-state index in [1.54, 1.807) is 12.1 Å². The molecular formula is C28H36ClN5O5. The van der Waals surface area contributed by atoms with Crippen LogP contribution in [0.3, 0.4) is 0 Å². The van der Waals surface area contributed by atoms with Crippen LogP contribution in [0.2, 0.25) is 5.02 Å². The van der Waals surface area contributed by atoms with Gasteiger partial charge >= 0.3 is 0 Å². The Balaban J connectivity index is 1.70. The fourth-order valence-corrected chi connectivity index (χ4v) is 4.68. The summed E-state index contributed by atoms with van der Waals surface area (Å²) in [6.07, 6.45) is 2.67. The maximum Gasteiger partial charge on any atom is 0.289 e. The summed E-state index contributed by atoms with van der Waals surface area (Å²) in [7, 11) is 0. The zero-order valence-electron chi connectivity index (χ0n) is 22.6. The monoisotopic (exact) mass is 557 g/mol. The number of nitrogens with zero attached hydrogens (tertiary/aromatic N) is 1. The Morgan fingerprint density at radius 1 is 1.13 bits per heavy atom. The smallest absolute Gasteiger partial charge is 0.289 e. The van der Waals surface area contributed by atoms with Crippen LogP contribution in [0.15, 0.2) is 18.2 Å². The highest BCUT2D eigenvalue weighted by atomic mass is 35.5. The molecule has 0 aromatic heterocycles. The summed E-state index contributed by atoms with van der Waals surface area (Å²) in [6, 6.07) is 4.72. The summed E-state index contributed by atoms with van der Waals surface area (Å²) in [5.41, 5.74) is 0.685. The predicted octanol–water partition coefficient (Wildman–Crippen LogP) is 1.92. The quantitative estimate of drug-likeness (QED) is 0.287. The molecule has 4 amide bonds. The highest BCUT2D eigenvalue weighted by Crippen LogP contribution is 2.23. The molecule has 10 nitrogen and oxygen atoms in total. The molecule has 1 aliphatic heterocycles. The molecule has 1 heterocycles. The van der Waals surface area contributed by atoms with Crippen LogP contribution >= 0.6 is 11.6 Å². The zero-order valence-corrected chi connectivity index (χ0v) is 23.3. The molecule has 2 fully saturated rings. The number of carbonyl (C=O) groups excluding carboxylic acids is 5. The molecule has 1 saturated heterocycles. The van der Waals surface area contributed by atoms with Gasteiger partial charge in [0.25, 0.3) is 5.91 Å². The van der Waals surface area contributed by atoms with Crippen molar-refractivity contribution in [2.75, 3.05) is 6.54 Å². The van der Waals surface area contributed by atoms with Gasteiger partial charge < -0.3 is 21.3 Å². The van der Waals surface area contributed by atoms with Crippen LogP contribution in [-0.2, 0) is 30.4 Å². The second-order valence-corrected chi connectivity index (χ2v) is 11.9. The highest BCUT2D eigenvalue weighted by molar-refractivity contribution is 6.38. The van der Waals surface area contributed by atoms with Gasteiger partial charge in [-0.3, -0.25) is 24.0 Å². The third-order valence-electron chi connectivity index (χ3n) is 6.73. The standard InChI is InChI=1S/C28H36ClN5O5/c1-28(2,3)14-22(33-23(35)9-5-16-4-6-19(29)12-18(16)15-30)26(38)34-21(13-17-10-11-31-25(17)37)24(36)27(39)32-20-7-8-20/h4,6,12,17,20-22H,5,7-11,13-14H2,1-3H3,(H,31,37)(H,32,39)(H,33,35)(H,34,38)/t17-,21?,22?/m0/s1. The predicted molar refractivity (Wildman–Crippen MR) is 144 cm³/mol. The molecule has 2 aliphatic rings. The van der Waals surface area contributed by atoms with Crippen molar-refractivity contribution in [2.45, 2.75) is 83.8 Å². The van der Waals surface area contributed by atoms with Gasteiger partial charge in [0.2, 0.25) is 23.5 Å². The van der Waals surface area contributed by atoms with Crippen molar-refractivity contribution in [3.63, 3.8) is 0 Å². The zero-order chi connectivity index (χ0) is 28.7. The lowest BCUT2D eigenvalue weighted by atomic mass is 9.87. The molecule has 1 aromatic carbocycles. The Morgan fingerprint density at radius 2 is 1.85 bits per heavy atom. The third kappa shape index (κ3) is 9.36. The van der Waals surface area contributed by atoms with Crippen LogP contribution in [-0.4, -0.2) is 54.1 Å². The van der Waals surface area contributed by atoms with Gasteiger partial charge in [-0.25, -0.2) is 0 Å². The number of halogens is 1. The first-order valence-corrected chi connectivity index (χ1v) is 13.6. The lowest BCUT2D eigenvalue weighted by Gasteiger charge is -2.28. The molecule has 39 heavy (non-hydrogen) atoms. The minimum absolute atomic E-state index is 0.00180. The van der Waals surface area contributed by atoms with E-state index >= 15 is 0 Å². The Labute approximate surface area is 233 Å². The average Bonchev–Trinajstić information content (AvgIpc) is 3.59. The molecule has 4 N–H and O–H groups in total. The molecule has 0 radical (unpaired) electrons. The van der Waals surface area contributed by atoms with Crippen molar-refractivity contribution in [3.8, 4) is 6.07 Å². The lowest BCUT2D eigenvalue weighted by molar-refractivity contribution is -0.141. The summed E-state index contributed by atoms with van der Waals surface area (Å²) >= 11 is 5.95. The Morgan fingerprint density at radius 3 is 2.44 bits per heavy atom. The van der Waals surface area contributed by atoms with Crippen molar-refractivity contribution in [3.05, 3.63) is 34.3 Å². The van der Waals surface area contributed by atoms with Crippen LogP contribution in [0.4, 0.5) is 0 Å². The van der Waals surface area contributed by atoms with E-state index in [1.165, 1.54) is 6.07 Å². The normalized spacial score (nSPS) is 18.3. The van der Waals surface area contributed by atoms with Crippen LogP contribution in [0, 0.1) is 22.7 Å². The molecule has 1 aliphatic carbocycles. The van der Waals surface area contributed by atoms with Crippen LogP contribution < -0.4 is 21.3 Å². The van der Waals surface area contributed by atoms with E-state index < -0.39 is 41.5 Å².